The molecule has 3 aromatic heterocycles. The Labute approximate surface area is 300 Å². The van der Waals surface area contributed by atoms with E-state index in [-0.39, 0.29) is 0 Å². The van der Waals surface area contributed by atoms with Gasteiger partial charge in [-0.3, -0.25) is 0 Å². The minimum Gasteiger partial charge on any atom is -0.455 e. The first kappa shape index (κ1) is 32.3. The van der Waals surface area contributed by atoms with Crippen molar-refractivity contribution < 1.29 is 4.42 Å². The molecule has 0 saturated heterocycles. The van der Waals surface area contributed by atoms with Crippen molar-refractivity contribution >= 4 is 54.6 Å². The maximum absolute atomic E-state index is 6.81. The Kier molecular flexibility index (Phi) is 8.05. The number of aromatic nitrogens is 3. The van der Waals surface area contributed by atoms with E-state index >= 15 is 0 Å². The summed E-state index contributed by atoms with van der Waals surface area (Å²) in [6.07, 6.45) is 8.39. The monoisotopic (exact) mass is 677 g/mol. The molecule has 248 valence electrons. The van der Waals surface area contributed by atoms with E-state index in [0.717, 1.165) is 78.3 Å². The number of H-pyrrole nitrogens is 1. The van der Waals surface area contributed by atoms with Gasteiger partial charge in [0, 0.05) is 22.2 Å². The van der Waals surface area contributed by atoms with Crippen LogP contribution >= 0.6 is 0 Å². The zero-order chi connectivity index (χ0) is 35.3. The summed E-state index contributed by atoms with van der Waals surface area (Å²) in [5.41, 5.74) is 20.9. The van der Waals surface area contributed by atoms with Crippen molar-refractivity contribution in [1.29, 1.82) is 0 Å². The highest BCUT2D eigenvalue weighted by atomic mass is 28.3. The van der Waals surface area contributed by atoms with Crippen molar-refractivity contribution in [2.75, 3.05) is 0 Å². The Morgan fingerprint density at radius 3 is 1.39 bits per heavy atom. The number of hydrogen-bond donors (Lipinski definition) is 1. The van der Waals surface area contributed by atoms with Crippen molar-refractivity contribution in [1.82, 2.24) is 15.0 Å². The van der Waals surface area contributed by atoms with Gasteiger partial charge in [0.1, 0.15) is 19.2 Å². The number of benzene rings is 3. The summed E-state index contributed by atoms with van der Waals surface area (Å²) in [7, 11) is -1.74. The number of furan rings is 1. The number of nitrogens with one attached hydrogen (secondary N) is 1. The number of hydrogen-bond acceptors (Lipinski definition) is 3. The van der Waals surface area contributed by atoms with Crippen LogP contribution in [0.25, 0.3) is 79.9 Å². The molecule has 1 N–H and O–H groups in total. The van der Waals surface area contributed by atoms with Gasteiger partial charge in [0.25, 0.3) is 0 Å². The fourth-order valence-electron chi connectivity index (χ4n) is 6.54. The number of nitrogens with zero attached hydrogens (tertiary/aromatic N) is 2. The molecule has 0 radical (unpaired) electrons. The highest BCUT2D eigenvalue weighted by Gasteiger charge is 2.19. The van der Waals surface area contributed by atoms with Crippen molar-refractivity contribution in [3.05, 3.63) is 142 Å². The molecule has 0 fully saturated rings. The molecule has 2 aliphatic rings. The average Bonchev–Trinajstić information content (AvgIpc) is 3.94. The van der Waals surface area contributed by atoms with Crippen LogP contribution in [0.3, 0.4) is 0 Å². The third-order valence-electron chi connectivity index (χ3n) is 9.21. The number of rotatable bonds is 3. The number of fused-ring (bicyclic) bond motifs is 8. The molecular formula is C46H39N3OSi. The topological polar surface area (TPSA) is 54.7 Å². The molecule has 5 heterocycles. The van der Waals surface area contributed by atoms with E-state index in [9.17, 15) is 0 Å². The fourth-order valence-corrected chi connectivity index (χ4v) is 7.04. The summed E-state index contributed by atoms with van der Waals surface area (Å²) in [5, 5.41) is 0. The summed E-state index contributed by atoms with van der Waals surface area (Å²) in [6.45, 7) is 13.1. The molecule has 0 saturated carbocycles. The van der Waals surface area contributed by atoms with Crippen LogP contribution in [0.1, 0.15) is 45.0 Å². The summed E-state index contributed by atoms with van der Waals surface area (Å²) < 4.78 is 6.81. The normalized spacial score (nSPS) is 12.2. The van der Waals surface area contributed by atoms with E-state index in [4.69, 9.17) is 14.4 Å². The largest absolute Gasteiger partial charge is 0.455 e. The minimum atomic E-state index is -1.74. The van der Waals surface area contributed by atoms with E-state index in [1.807, 2.05) is 12.1 Å². The Bertz CT molecular complexity index is 2570. The van der Waals surface area contributed by atoms with Crippen LogP contribution in [0.5, 0.6) is 0 Å². The zero-order valence-corrected chi connectivity index (χ0v) is 30.8. The lowest BCUT2D eigenvalue weighted by atomic mass is 10.0. The third kappa shape index (κ3) is 6.43. The van der Waals surface area contributed by atoms with Gasteiger partial charge < -0.3 is 9.40 Å². The standard InChI is InChI=1S/C46H39N3OSi/c1-29-7-13-32(14-8-29)44-37-20-19-36(47-37)35(27-28-51(4,5)6)42-25-26-43(50-42)46(34-17-11-31(3)12-18-34)41-24-23-40(49-41)45(39-22-21-38(44)48-39)33-15-9-30(2)10-16-33/h7-26,48H,1-6H3. The second-order valence-electron chi connectivity index (χ2n) is 14.5. The maximum Gasteiger partial charge on any atom is 0.145 e. The van der Waals surface area contributed by atoms with E-state index < -0.39 is 8.07 Å². The van der Waals surface area contributed by atoms with E-state index in [1.54, 1.807) is 0 Å². The van der Waals surface area contributed by atoms with Crippen LogP contribution in [0, 0.1) is 32.2 Å². The van der Waals surface area contributed by atoms with Crippen LogP contribution in [0.2, 0.25) is 19.6 Å². The van der Waals surface area contributed by atoms with Gasteiger partial charge in [0.2, 0.25) is 0 Å². The highest BCUT2D eigenvalue weighted by Crippen LogP contribution is 2.37. The molecule has 3 aromatic carbocycles. The lowest BCUT2D eigenvalue weighted by Gasteiger charge is -2.07. The molecule has 0 atom stereocenters. The Balaban J connectivity index is 1.56. The molecule has 51 heavy (non-hydrogen) atoms. The minimum absolute atomic E-state index is 0.690. The molecule has 0 unspecified atom stereocenters. The summed E-state index contributed by atoms with van der Waals surface area (Å²) in [4.78, 5) is 14.5. The van der Waals surface area contributed by atoms with E-state index in [1.165, 1.54) is 16.7 Å². The molecule has 0 amide bonds. The first-order chi connectivity index (χ1) is 24.6. The van der Waals surface area contributed by atoms with Crippen LogP contribution in [0.4, 0.5) is 0 Å². The first-order valence-electron chi connectivity index (χ1n) is 17.4. The molecule has 2 aliphatic heterocycles. The van der Waals surface area contributed by atoms with E-state index in [2.05, 4.69) is 166 Å². The summed E-state index contributed by atoms with van der Waals surface area (Å²) in [6, 6.07) is 34.2. The smallest absolute Gasteiger partial charge is 0.145 e. The van der Waals surface area contributed by atoms with Crippen LogP contribution in [-0.4, -0.2) is 23.0 Å². The Morgan fingerprint density at radius 2 is 0.902 bits per heavy atom. The van der Waals surface area contributed by atoms with Gasteiger partial charge in [-0.1, -0.05) is 115 Å². The fraction of sp³-hybridized carbons (Fsp3) is 0.130. The lowest BCUT2D eigenvalue weighted by Crippen LogP contribution is -2.16. The highest BCUT2D eigenvalue weighted by molar-refractivity contribution is 6.83. The van der Waals surface area contributed by atoms with Gasteiger partial charge in [-0.15, -0.1) is 5.54 Å². The van der Waals surface area contributed by atoms with Gasteiger partial charge in [-0.05, 0) is 86.0 Å². The molecule has 6 aromatic rings. The van der Waals surface area contributed by atoms with Gasteiger partial charge >= 0.3 is 0 Å². The van der Waals surface area contributed by atoms with Gasteiger partial charge in [0.05, 0.1) is 33.9 Å². The quantitative estimate of drug-likeness (QED) is 0.150. The molecule has 5 heteroatoms. The third-order valence-corrected chi connectivity index (χ3v) is 10.1. The summed E-state index contributed by atoms with van der Waals surface area (Å²) >= 11 is 0. The van der Waals surface area contributed by atoms with Gasteiger partial charge in [-0.25, -0.2) is 9.97 Å². The first-order valence-corrected chi connectivity index (χ1v) is 20.9. The predicted molar refractivity (Wildman–Crippen MR) is 218 cm³/mol. The molecule has 8 rings (SSSR count). The van der Waals surface area contributed by atoms with Crippen molar-refractivity contribution in [3.8, 4) is 44.8 Å². The van der Waals surface area contributed by atoms with Crippen molar-refractivity contribution in [3.63, 3.8) is 0 Å². The van der Waals surface area contributed by atoms with Crippen molar-refractivity contribution in [2.24, 2.45) is 0 Å². The lowest BCUT2D eigenvalue weighted by molar-refractivity contribution is 0.665. The SMILES string of the molecule is Cc1ccc(-c2c3nc(c(C#C[Si](C)(C)C)c4ccc(o4)c(-c4ccc(C)cc4)c4nc(c(-c5ccc(C)cc5)c5ccc2[nH]5)C=C4)C=C3)cc1. The number of aryl methyl sites for hydroxylation is 3. The van der Waals surface area contributed by atoms with Gasteiger partial charge in [0.15, 0.2) is 0 Å². The van der Waals surface area contributed by atoms with E-state index in [0.29, 0.717) is 5.58 Å². The molecule has 8 bridgehead atoms. The molecule has 0 aliphatic carbocycles. The second-order valence-corrected chi connectivity index (χ2v) is 19.2. The summed E-state index contributed by atoms with van der Waals surface area (Å²) in [5.74, 6) is 3.53. The number of aromatic amines is 1. The predicted octanol–water partition coefficient (Wildman–Crippen LogP) is 12.1. The second kappa shape index (κ2) is 12.7. The Hall–Kier alpha value is -5.96. The average molecular weight is 678 g/mol. The van der Waals surface area contributed by atoms with Crippen LogP contribution in [0.15, 0.2) is 101 Å². The molecular weight excluding hydrogens is 639 g/mol. The molecule has 4 nitrogen and oxygen atoms in total. The van der Waals surface area contributed by atoms with Gasteiger partial charge in [-0.2, -0.15) is 0 Å². The van der Waals surface area contributed by atoms with Crippen LogP contribution < -0.4 is 0 Å². The van der Waals surface area contributed by atoms with Crippen LogP contribution in [-0.2, 0) is 0 Å². The maximum atomic E-state index is 6.81. The van der Waals surface area contributed by atoms with Crippen molar-refractivity contribution in [2.45, 2.75) is 40.4 Å². The Morgan fingerprint density at radius 1 is 0.490 bits per heavy atom. The zero-order valence-electron chi connectivity index (χ0n) is 29.8. The molecule has 0 spiro atoms.